The highest BCUT2D eigenvalue weighted by Gasteiger charge is 2.21. The third kappa shape index (κ3) is 5.16. The van der Waals surface area contributed by atoms with E-state index in [0.29, 0.717) is 18.1 Å². The van der Waals surface area contributed by atoms with Crippen molar-refractivity contribution < 1.29 is 4.74 Å². The Balaban J connectivity index is 1.76. The Hall–Kier alpha value is -3.03. The van der Waals surface area contributed by atoms with Crippen molar-refractivity contribution in [3.63, 3.8) is 0 Å². The van der Waals surface area contributed by atoms with Gasteiger partial charge in [-0.15, -0.1) is 11.3 Å². The lowest BCUT2D eigenvalue weighted by Crippen LogP contribution is -2.24. The number of ether oxygens (including phenoxy) is 1. The number of aryl methyl sites for hydroxylation is 4. The molecule has 8 heteroatoms. The quantitative estimate of drug-likeness (QED) is 0.307. The minimum absolute atomic E-state index is 0.0411. The number of nitrogens with zero attached hydrogens (tertiary/aromatic N) is 4. The smallest absolute Gasteiger partial charge is 0.280 e. The van der Waals surface area contributed by atoms with Crippen LogP contribution in [0.25, 0.3) is 16.9 Å². The van der Waals surface area contributed by atoms with E-state index in [9.17, 15) is 4.79 Å². The molecule has 0 aliphatic carbocycles. The number of hydrogen-bond donors (Lipinski definition) is 0. The Labute approximate surface area is 214 Å². The van der Waals surface area contributed by atoms with Crippen LogP contribution in [0.1, 0.15) is 54.0 Å². The first-order chi connectivity index (χ1) is 16.5. The Morgan fingerprint density at radius 1 is 1.06 bits per heavy atom. The lowest BCUT2D eigenvalue weighted by molar-refractivity contribution is 0.292. The fraction of sp³-hybridized carbons (Fsp3) is 0.333. The molecule has 0 amide bonds. The third-order valence-corrected chi connectivity index (χ3v) is 6.93. The van der Waals surface area contributed by atoms with Crippen LogP contribution in [0.2, 0.25) is 5.02 Å². The van der Waals surface area contributed by atoms with Gasteiger partial charge in [-0.25, -0.2) is 9.97 Å². The first-order valence-corrected chi connectivity index (χ1v) is 12.6. The van der Waals surface area contributed by atoms with Gasteiger partial charge >= 0.3 is 0 Å². The molecular formula is C27H29ClN4O2S. The Kier molecular flexibility index (Phi) is 6.84. The van der Waals surface area contributed by atoms with Crippen LogP contribution in [-0.2, 0) is 12.0 Å². The fourth-order valence-corrected chi connectivity index (χ4v) is 4.65. The lowest BCUT2D eigenvalue weighted by Gasteiger charge is -2.19. The van der Waals surface area contributed by atoms with E-state index in [1.807, 2.05) is 56.6 Å². The van der Waals surface area contributed by atoms with Crippen LogP contribution in [0.4, 0.5) is 0 Å². The first-order valence-electron chi connectivity index (χ1n) is 11.4. The Bertz CT molecular complexity index is 1470. The molecule has 1 aromatic carbocycles. The Morgan fingerprint density at radius 2 is 1.80 bits per heavy atom. The lowest BCUT2D eigenvalue weighted by atomic mass is 9.95. The molecule has 0 spiro atoms. The molecule has 0 aliphatic rings. The summed E-state index contributed by atoms with van der Waals surface area (Å²) in [7, 11) is 0. The van der Waals surface area contributed by atoms with E-state index >= 15 is 0 Å². The van der Waals surface area contributed by atoms with Gasteiger partial charge in [0.25, 0.3) is 5.56 Å². The van der Waals surface area contributed by atoms with Crippen LogP contribution in [0.15, 0.2) is 40.6 Å². The van der Waals surface area contributed by atoms with Gasteiger partial charge in [0.05, 0.1) is 11.4 Å². The van der Waals surface area contributed by atoms with E-state index < -0.39 is 0 Å². The highest BCUT2D eigenvalue weighted by atomic mass is 35.5. The van der Waals surface area contributed by atoms with Gasteiger partial charge in [-0.2, -0.15) is 4.98 Å². The van der Waals surface area contributed by atoms with Crippen LogP contribution in [0, 0.1) is 27.7 Å². The van der Waals surface area contributed by atoms with Crippen molar-refractivity contribution >= 4 is 22.9 Å². The summed E-state index contributed by atoms with van der Waals surface area (Å²) in [4.78, 5) is 28.5. The van der Waals surface area contributed by atoms with Crippen molar-refractivity contribution in [1.82, 2.24) is 19.5 Å². The second kappa shape index (κ2) is 9.55. The molecule has 182 valence electrons. The molecule has 0 unspecified atom stereocenters. The topological polar surface area (TPSA) is 69.9 Å². The zero-order chi connectivity index (χ0) is 25.5. The minimum Gasteiger partial charge on any atom is -0.472 e. The predicted octanol–water partition coefficient (Wildman–Crippen LogP) is 6.51. The van der Waals surface area contributed by atoms with Crippen molar-refractivity contribution in [3.8, 4) is 22.8 Å². The number of rotatable bonds is 5. The normalized spacial score (nSPS) is 11.7. The van der Waals surface area contributed by atoms with Gasteiger partial charge < -0.3 is 4.74 Å². The van der Waals surface area contributed by atoms with Crippen molar-refractivity contribution in [2.75, 3.05) is 0 Å². The molecule has 0 fully saturated rings. The molecule has 6 nitrogen and oxygen atoms in total. The highest BCUT2D eigenvalue weighted by Crippen LogP contribution is 2.29. The van der Waals surface area contributed by atoms with Gasteiger partial charge in [-0.05, 0) is 56.3 Å². The Morgan fingerprint density at radius 3 is 2.46 bits per heavy atom. The summed E-state index contributed by atoms with van der Waals surface area (Å²) in [5, 5.41) is 1.98. The van der Waals surface area contributed by atoms with E-state index in [2.05, 4.69) is 30.7 Å². The zero-order valence-electron chi connectivity index (χ0n) is 21.1. The number of thiophene rings is 1. The maximum atomic E-state index is 13.4. The van der Waals surface area contributed by atoms with Crippen molar-refractivity contribution in [2.24, 2.45) is 0 Å². The molecule has 0 saturated carbocycles. The average Bonchev–Trinajstić information content (AvgIpc) is 3.21. The highest BCUT2D eigenvalue weighted by molar-refractivity contribution is 7.10. The van der Waals surface area contributed by atoms with E-state index in [1.165, 1.54) is 9.44 Å². The number of benzene rings is 1. The van der Waals surface area contributed by atoms with Gasteiger partial charge in [-0.3, -0.25) is 9.36 Å². The molecular weight excluding hydrogens is 480 g/mol. The van der Waals surface area contributed by atoms with E-state index in [4.69, 9.17) is 21.3 Å². The molecule has 0 saturated heterocycles. The number of aromatic nitrogens is 4. The molecule has 0 bridgehead atoms. The monoisotopic (exact) mass is 508 g/mol. The SMILES string of the molecule is Cc1cc(COc2nc(C)n(-c3cc(-c4nc(C(C)(C)C)ncc4C)ccc3C)c(=O)c2Cl)cs1. The van der Waals surface area contributed by atoms with Gasteiger partial charge in [-0.1, -0.05) is 44.5 Å². The molecule has 0 atom stereocenters. The van der Waals surface area contributed by atoms with Gasteiger partial charge in [0.15, 0.2) is 5.02 Å². The van der Waals surface area contributed by atoms with Crippen molar-refractivity contribution in [2.45, 2.75) is 60.5 Å². The van der Waals surface area contributed by atoms with Crippen LogP contribution in [-0.4, -0.2) is 19.5 Å². The van der Waals surface area contributed by atoms with Gasteiger partial charge in [0.2, 0.25) is 5.88 Å². The second-order valence-electron chi connectivity index (χ2n) is 9.75. The second-order valence-corrected chi connectivity index (χ2v) is 11.2. The van der Waals surface area contributed by atoms with Crippen LogP contribution in [0.5, 0.6) is 5.88 Å². The van der Waals surface area contributed by atoms with Gasteiger partial charge in [0, 0.05) is 27.6 Å². The third-order valence-electron chi connectivity index (χ3n) is 5.69. The van der Waals surface area contributed by atoms with Crippen LogP contribution in [0.3, 0.4) is 0 Å². The summed E-state index contributed by atoms with van der Waals surface area (Å²) in [5.74, 6) is 1.40. The summed E-state index contributed by atoms with van der Waals surface area (Å²) < 4.78 is 7.34. The molecule has 3 aromatic heterocycles. The largest absolute Gasteiger partial charge is 0.472 e. The number of hydrogen-bond acceptors (Lipinski definition) is 6. The van der Waals surface area contributed by atoms with Crippen molar-refractivity contribution in [1.29, 1.82) is 0 Å². The molecule has 0 N–H and O–H groups in total. The standard InChI is InChI=1S/C27H29ClN4O2S/c1-15-8-9-20(23-16(2)12-29-26(31-23)27(5,6)7)11-21(15)32-18(4)30-24(22(28)25(32)33)34-13-19-10-17(3)35-14-19/h8-12,14H,13H2,1-7H3. The fourth-order valence-electron chi connectivity index (χ4n) is 3.78. The first kappa shape index (κ1) is 25.1. The van der Waals surface area contributed by atoms with E-state index in [-0.39, 0.29) is 21.9 Å². The van der Waals surface area contributed by atoms with E-state index in [1.54, 1.807) is 18.3 Å². The molecule has 4 rings (SSSR count). The molecule has 4 aromatic rings. The summed E-state index contributed by atoms with van der Waals surface area (Å²) in [6, 6.07) is 7.99. The maximum absolute atomic E-state index is 13.4. The molecule has 35 heavy (non-hydrogen) atoms. The summed E-state index contributed by atoms with van der Waals surface area (Å²) >= 11 is 8.10. The predicted molar refractivity (Wildman–Crippen MR) is 142 cm³/mol. The summed E-state index contributed by atoms with van der Waals surface area (Å²) in [5.41, 5.74) is 4.78. The van der Waals surface area contributed by atoms with Crippen molar-refractivity contribution in [3.05, 3.63) is 84.4 Å². The van der Waals surface area contributed by atoms with E-state index in [0.717, 1.165) is 33.8 Å². The summed E-state index contributed by atoms with van der Waals surface area (Å²) in [6.07, 6.45) is 1.85. The summed E-state index contributed by atoms with van der Waals surface area (Å²) in [6.45, 7) is 14.3. The molecule has 0 radical (unpaired) electrons. The minimum atomic E-state index is -0.370. The molecule has 3 heterocycles. The van der Waals surface area contributed by atoms with Crippen LogP contribution < -0.4 is 10.3 Å². The molecule has 0 aliphatic heterocycles. The van der Waals surface area contributed by atoms with Gasteiger partial charge in [0.1, 0.15) is 18.3 Å². The number of halogens is 1. The zero-order valence-corrected chi connectivity index (χ0v) is 22.6. The average molecular weight is 509 g/mol. The van der Waals surface area contributed by atoms with Crippen LogP contribution >= 0.6 is 22.9 Å². The maximum Gasteiger partial charge on any atom is 0.280 e.